The van der Waals surface area contributed by atoms with Crippen LogP contribution >= 0.6 is 11.6 Å². The summed E-state index contributed by atoms with van der Waals surface area (Å²) in [7, 11) is 1.72. The first kappa shape index (κ1) is 17.9. The smallest absolute Gasteiger partial charge is 0.270 e. The van der Waals surface area contributed by atoms with Crippen LogP contribution in [0.1, 0.15) is 17.4 Å². The molecule has 0 aliphatic heterocycles. The quantitative estimate of drug-likeness (QED) is 0.280. The van der Waals surface area contributed by atoms with Gasteiger partial charge in [0.1, 0.15) is 17.6 Å². The number of nitrogens with two attached hydrogens (primary N) is 1. The van der Waals surface area contributed by atoms with E-state index in [9.17, 15) is 15.0 Å². The summed E-state index contributed by atoms with van der Waals surface area (Å²) in [4.78, 5) is 10.9. The predicted molar refractivity (Wildman–Crippen MR) is 78.1 cm³/mol. The van der Waals surface area contributed by atoms with Gasteiger partial charge >= 0.3 is 0 Å². The number of aromatic nitrogens is 3. The van der Waals surface area contributed by atoms with Gasteiger partial charge in [0.15, 0.2) is 12.8 Å². The van der Waals surface area contributed by atoms with Gasteiger partial charge in [-0.15, -0.1) is 5.10 Å². The predicted octanol–water partition coefficient (Wildman–Crippen LogP) is -2.90. The first-order chi connectivity index (χ1) is 9.88. The molecule has 1 aromatic heterocycles. The number of amides is 1. The van der Waals surface area contributed by atoms with Gasteiger partial charge in [0.2, 0.25) is 0 Å². The third-order valence-electron chi connectivity index (χ3n) is 2.74. The summed E-state index contributed by atoms with van der Waals surface area (Å²) in [5.74, 6) is -0.706. The Balaban J connectivity index is 2.65. The number of aliphatic hydroxyl groups excluding tert-OH is 3. The molecule has 0 spiro atoms. The number of hydrogen-bond acceptors (Lipinski definition) is 8. The molecule has 0 saturated heterocycles. The molecule has 0 radical (unpaired) electrons. The van der Waals surface area contributed by atoms with Crippen molar-refractivity contribution in [2.24, 2.45) is 5.73 Å². The van der Waals surface area contributed by atoms with Crippen LogP contribution in [0.5, 0.6) is 0 Å². The lowest BCUT2D eigenvalue weighted by Gasteiger charge is -2.27. The Labute approximate surface area is 126 Å². The van der Waals surface area contributed by atoms with Crippen LogP contribution in [-0.2, 0) is 11.3 Å². The van der Waals surface area contributed by atoms with Crippen molar-refractivity contribution in [3.05, 3.63) is 11.9 Å². The molecule has 0 aliphatic rings. The van der Waals surface area contributed by atoms with E-state index in [-0.39, 0.29) is 18.8 Å². The SMILES string of the molecule is BSC(OC(CO)[C@@H](C)O)[C@@H](O)Cn1cc(C(N)=O)nn1. The highest BCUT2D eigenvalue weighted by Gasteiger charge is 2.26. The summed E-state index contributed by atoms with van der Waals surface area (Å²) in [6, 6.07) is 0. The van der Waals surface area contributed by atoms with E-state index in [0.29, 0.717) is 0 Å². The average molecular weight is 318 g/mol. The van der Waals surface area contributed by atoms with E-state index in [1.165, 1.54) is 29.4 Å². The van der Waals surface area contributed by atoms with Crippen molar-refractivity contribution in [1.82, 2.24) is 15.0 Å². The molecule has 1 rings (SSSR count). The van der Waals surface area contributed by atoms with Crippen molar-refractivity contribution in [3.8, 4) is 0 Å². The minimum atomic E-state index is -0.977. The Bertz CT molecular complexity index is 460. The van der Waals surface area contributed by atoms with Crippen molar-refractivity contribution >= 4 is 24.6 Å². The molecule has 4 atom stereocenters. The Morgan fingerprint density at radius 1 is 1.62 bits per heavy atom. The number of carbonyl (C=O) groups excluding carboxylic acids is 1. The van der Waals surface area contributed by atoms with Gasteiger partial charge in [0.25, 0.3) is 5.91 Å². The van der Waals surface area contributed by atoms with Crippen LogP contribution in [0.25, 0.3) is 0 Å². The highest BCUT2D eigenvalue weighted by atomic mass is 32.2. The molecular weight excluding hydrogens is 299 g/mol. The second-order valence-corrected chi connectivity index (χ2v) is 5.40. The van der Waals surface area contributed by atoms with E-state index in [2.05, 4.69) is 10.3 Å². The summed E-state index contributed by atoms with van der Waals surface area (Å²) in [6.07, 6.45) is -1.32. The molecule has 0 saturated carbocycles. The molecule has 1 aromatic rings. The highest BCUT2D eigenvalue weighted by molar-refractivity contribution is 8.20. The van der Waals surface area contributed by atoms with Crippen molar-refractivity contribution in [2.75, 3.05) is 6.61 Å². The zero-order chi connectivity index (χ0) is 16.0. The molecule has 0 fully saturated rings. The summed E-state index contributed by atoms with van der Waals surface area (Å²) < 4.78 is 6.73. The van der Waals surface area contributed by atoms with Gasteiger partial charge < -0.3 is 25.8 Å². The largest absolute Gasteiger partial charge is 0.394 e. The number of aliphatic hydroxyl groups is 3. The van der Waals surface area contributed by atoms with Gasteiger partial charge in [-0.05, 0) is 6.92 Å². The lowest BCUT2D eigenvalue weighted by atomic mass is 10.2. The van der Waals surface area contributed by atoms with E-state index in [0.717, 1.165) is 0 Å². The van der Waals surface area contributed by atoms with Gasteiger partial charge in [-0.3, -0.25) is 4.79 Å². The number of primary amides is 1. The standard InChI is InChI=1S/C10H19BN4O5S/c1-5(17)8(4-16)20-10(21-11)7(18)3-15-2-6(9(12)19)13-14-15/h2,5,7-8,10,16-18H,3-4,11H2,1H3,(H2,12,19)/t5-,7+,8?,10?/m1/s1. The molecule has 9 nitrogen and oxygen atoms in total. The number of ether oxygens (including phenoxy) is 1. The Morgan fingerprint density at radius 3 is 2.71 bits per heavy atom. The van der Waals surface area contributed by atoms with Crippen molar-refractivity contribution in [3.63, 3.8) is 0 Å². The van der Waals surface area contributed by atoms with E-state index in [1.54, 1.807) is 7.12 Å². The lowest BCUT2D eigenvalue weighted by molar-refractivity contribution is -0.0968. The van der Waals surface area contributed by atoms with Crippen LogP contribution in [0.2, 0.25) is 0 Å². The third-order valence-corrected chi connectivity index (χ3v) is 3.63. The number of hydrogen-bond donors (Lipinski definition) is 4. The normalized spacial score (nSPS) is 17.1. The fraction of sp³-hybridized carbons (Fsp3) is 0.700. The second-order valence-electron chi connectivity index (χ2n) is 4.46. The topological polar surface area (TPSA) is 144 Å². The molecule has 11 heteroatoms. The molecule has 5 N–H and O–H groups in total. The Hall–Kier alpha value is -1.14. The summed E-state index contributed by atoms with van der Waals surface area (Å²) >= 11 is 1.22. The zero-order valence-electron chi connectivity index (χ0n) is 11.8. The Kier molecular flexibility index (Phi) is 7.12. The maximum atomic E-state index is 10.9. The monoisotopic (exact) mass is 318 g/mol. The molecule has 1 amide bonds. The molecular formula is C10H19BN4O5S. The summed E-state index contributed by atoms with van der Waals surface area (Å²) in [5.41, 5.74) is 4.38. The van der Waals surface area contributed by atoms with Crippen molar-refractivity contribution < 1.29 is 24.9 Å². The van der Waals surface area contributed by atoms with Gasteiger partial charge in [-0.25, -0.2) is 4.68 Å². The fourth-order valence-corrected chi connectivity index (χ4v) is 2.22. The van der Waals surface area contributed by atoms with Crippen molar-refractivity contribution in [2.45, 2.75) is 37.2 Å². The maximum Gasteiger partial charge on any atom is 0.270 e. The Morgan fingerprint density at radius 2 is 2.29 bits per heavy atom. The van der Waals surface area contributed by atoms with Crippen LogP contribution in [0, 0.1) is 0 Å². The number of nitrogens with zero attached hydrogens (tertiary/aromatic N) is 3. The van der Waals surface area contributed by atoms with Crippen LogP contribution in [0.4, 0.5) is 0 Å². The van der Waals surface area contributed by atoms with Gasteiger partial charge in [0.05, 0.1) is 25.5 Å². The lowest BCUT2D eigenvalue weighted by Crippen LogP contribution is -2.39. The third kappa shape index (κ3) is 5.28. The molecule has 0 aromatic carbocycles. The van der Waals surface area contributed by atoms with Crippen LogP contribution in [0.3, 0.4) is 0 Å². The molecule has 0 aliphatic carbocycles. The molecule has 2 unspecified atom stereocenters. The van der Waals surface area contributed by atoms with Crippen LogP contribution in [-0.4, -0.2) is 73.7 Å². The van der Waals surface area contributed by atoms with Crippen LogP contribution < -0.4 is 5.73 Å². The molecule has 21 heavy (non-hydrogen) atoms. The zero-order valence-corrected chi connectivity index (χ0v) is 12.6. The van der Waals surface area contributed by atoms with Crippen molar-refractivity contribution in [1.29, 1.82) is 0 Å². The second kappa shape index (κ2) is 8.34. The number of carbonyl (C=O) groups is 1. The number of rotatable bonds is 9. The minimum Gasteiger partial charge on any atom is -0.394 e. The molecule has 1 heterocycles. The van der Waals surface area contributed by atoms with Gasteiger partial charge in [-0.1, -0.05) is 5.21 Å². The van der Waals surface area contributed by atoms with Gasteiger partial charge in [-0.2, -0.15) is 11.6 Å². The van der Waals surface area contributed by atoms with E-state index >= 15 is 0 Å². The summed E-state index contributed by atoms with van der Waals surface area (Å²) in [6.45, 7) is 1.15. The fourth-order valence-electron chi connectivity index (χ4n) is 1.56. The van der Waals surface area contributed by atoms with E-state index in [1.807, 2.05) is 0 Å². The van der Waals surface area contributed by atoms with Gasteiger partial charge in [0, 0.05) is 0 Å². The maximum absolute atomic E-state index is 10.9. The summed E-state index contributed by atoms with van der Waals surface area (Å²) in [5, 5.41) is 35.9. The minimum absolute atomic E-state index is 0.000958. The van der Waals surface area contributed by atoms with Crippen LogP contribution in [0.15, 0.2) is 6.20 Å². The van der Waals surface area contributed by atoms with E-state index in [4.69, 9.17) is 15.6 Å². The van der Waals surface area contributed by atoms with E-state index < -0.39 is 29.7 Å². The molecule has 0 bridgehead atoms. The first-order valence-corrected chi connectivity index (χ1v) is 7.53. The molecule has 118 valence electrons. The average Bonchev–Trinajstić information content (AvgIpc) is 2.88. The highest BCUT2D eigenvalue weighted by Crippen LogP contribution is 2.17. The first-order valence-electron chi connectivity index (χ1n) is 6.24.